The van der Waals surface area contributed by atoms with E-state index in [2.05, 4.69) is 70.7 Å². The number of hydrogen-bond donors (Lipinski definition) is 0. The third-order valence-corrected chi connectivity index (χ3v) is 7.55. The third-order valence-electron chi connectivity index (χ3n) is 7.55. The Labute approximate surface area is 237 Å². The molecule has 0 amide bonds. The summed E-state index contributed by atoms with van der Waals surface area (Å²) in [6.07, 6.45) is 4.73. The molecule has 1 aliphatic rings. The first-order valence-electron chi connectivity index (χ1n) is 12.6. The summed E-state index contributed by atoms with van der Waals surface area (Å²) in [7, 11) is 2.03. The number of aryl methyl sites for hydroxylation is 2. The van der Waals surface area contributed by atoms with Gasteiger partial charge in [0, 0.05) is 61.4 Å². The Bertz CT molecular complexity index is 1710. The molecule has 4 aromatic heterocycles. The van der Waals surface area contributed by atoms with Gasteiger partial charge in [-0.1, -0.05) is 39.3 Å². The average Bonchev–Trinajstić information content (AvgIpc) is 3.23. The minimum absolute atomic E-state index is 0. The molecule has 7 heteroatoms. The fourth-order valence-electron chi connectivity index (χ4n) is 5.93. The molecule has 0 fully saturated rings. The van der Waals surface area contributed by atoms with Crippen LogP contribution < -0.4 is 5.56 Å². The van der Waals surface area contributed by atoms with Crippen LogP contribution in [0.1, 0.15) is 62.3 Å². The summed E-state index contributed by atoms with van der Waals surface area (Å²) in [6, 6.07) is 16.1. The van der Waals surface area contributed by atoms with E-state index >= 15 is 0 Å². The molecule has 6 nitrogen and oxygen atoms in total. The van der Waals surface area contributed by atoms with E-state index in [9.17, 15) is 4.79 Å². The van der Waals surface area contributed by atoms with Gasteiger partial charge in [-0.05, 0) is 43.7 Å². The van der Waals surface area contributed by atoms with Gasteiger partial charge in [0.25, 0.3) is 5.56 Å². The van der Waals surface area contributed by atoms with Crippen LogP contribution in [0.3, 0.4) is 0 Å². The fraction of sp³-hybridized carbons (Fsp3) is 0.355. The largest absolute Gasteiger partial charge is 0.371 e. The first-order valence-corrected chi connectivity index (χ1v) is 12.6. The number of aromatic nitrogens is 5. The topological polar surface area (TPSA) is 65.1 Å². The Morgan fingerprint density at radius 2 is 1.71 bits per heavy atom. The van der Waals surface area contributed by atoms with E-state index < -0.39 is 0 Å². The van der Waals surface area contributed by atoms with Gasteiger partial charge in [-0.2, -0.15) is 0 Å². The summed E-state index contributed by atoms with van der Waals surface area (Å²) in [5, 5.41) is 0.828. The molecule has 0 bridgehead atoms. The monoisotopic (exact) mass is 684 g/mol. The van der Waals surface area contributed by atoms with Crippen molar-refractivity contribution in [2.45, 2.75) is 65.7 Å². The Hall–Kier alpha value is -3.15. The van der Waals surface area contributed by atoms with Gasteiger partial charge in [-0.15, -0.1) is 48.0 Å². The van der Waals surface area contributed by atoms with Crippen LogP contribution in [0.4, 0.5) is 0 Å². The van der Waals surface area contributed by atoms with Crippen molar-refractivity contribution in [3.05, 3.63) is 93.4 Å². The summed E-state index contributed by atoms with van der Waals surface area (Å²) in [4.78, 5) is 25.6. The SMILES string of the molecule is Cc1cn2c3c(c4ncc[c-]c4c2nc1=O)C(C)(C)CC3(C)C.Cc1nc(-c2[c-]cccc2)n(C)c1C.[Ir]. The molecule has 199 valence electrons. The van der Waals surface area contributed by atoms with E-state index in [0.29, 0.717) is 11.2 Å². The standard InChI is InChI=1S/C19H20N3O.C12H13N2.Ir/c1-11-9-22-15-13(18(2,3)10-19(15,4)5)14-12(7-6-8-20-14)16(22)21-17(11)23;1-9-10(2)14(3)12(13-9)11-7-5-4-6-8-11;/h6,8-9H,10H2,1-5H3;4-7H,1-3H3;/q2*-1;. The van der Waals surface area contributed by atoms with Crippen molar-refractivity contribution in [1.29, 1.82) is 0 Å². The summed E-state index contributed by atoms with van der Waals surface area (Å²) < 4.78 is 4.20. The van der Waals surface area contributed by atoms with Crippen molar-refractivity contribution in [1.82, 2.24) is 23.9 Å². The third kappa shape index (κ3) is 4.52. The molecule has 0 spiro atoms. The van der Waals surface area contributed by atoms with Crippen molar-refractivity contribution in [3.8, 4) is 11.4 Å². The van der Waals surface area contributed by atoms with Gasteiger partial charge < -0.3 is 14.0 Å². The van der Waals surface area contributed by atoms with Crippen molar-refractivity contribution in [2.24, 2.45) is 7.05 Å². The van der Waals surface area contributed by atoms with Crippen LogP contribution >= 0.6 is 0 Å². The zero-order valence-corrected chi connectivity index (χ0v) is 25.6. The van der Waals surface area contributed by atoms with Gasteiger partial charge in [0.2, 0.25) is 0 Å². The van der Waals surface area contributed by atoms with Crippen molar-refractivity contribution < 1.29 is 20.1 Å². The second-order valence-electron chi connectivity index (χ2n) is 11.3. The maximum atomic E-state index is 12.1. The number of imidazole rings is 1. The molecule has 1 radical (unpaired) electrons. The second kappa shape index (κ2) is 9.86. The maximum absolute atomic E-state index is 12.1. The molecule has 0 unspecified atom stereocenters. The van der Waals surface area contributed by atoms with Gasteiger partial charge in [0.05, 0.1) is 11.5 Å². The van der Waals surface area contributed by atoms with E-state index in [0.717, 1.165) is 34.4 Å². The zero-order chi connectivity index (χ0) is 26.7. The van der Waals surface area contributed by atoms with Crippen LogP contribution in [0, 0.1) is 32.9 Å². The van der Waals surface area contributed by atoms with E-state index in [-0.39, 0.29) is 36.5 Å². The molecule has 38 heavy (non-hydrogen) atoms. The normalized spacial score (nSPS) is 15.1. The number of fused-ring (bicyclic) bond motifs is 6. The molecule has 0 N–H and O–H groups in total. The molecule has 6 rings (SSSR count). The summed E-state index contributed by atoms with van der Waals surface area (Å²) in [5.74, 6) is 0.987. The summed E-state index contributed by atoms with van der Waals surface area (Å²) >= 11 is 0. The molecule has 5 aromatic rings. The van der Waals surface area contributed by atoms with Crippen LogP contribution in [-0.4, -0.2) is 23.9 Å². The molecule has 4 heterocycles. The van der Waals surface area contributed by atoms with Crippen molar-refractivity contribution in [2.75, 3.05) is 0 Å². The van der Waals surface area contributed by atoms with Gasteiger partial charge in [0.15, 0.2) is 0 Å². The predicted molar refractivity (Wildman–Crippen MR) is 148 cm³/mol. The molecular formula is C31H33IrN5O-2. The average molecular weight is 684 g/mol. The first-order chi connectivity index (χ1) is 17.4. The van der Waals surface area contributed by atoms with Crippen LogP contribution in [0.15, 0.2) is 47.5 Å². The van der Waals surface area contributed by atoms with Crippen LogP contribution in [0.2, 0.25) is 0 Å². The Balaban J connectivity index is 0.000000193. The minimum atomic E-state index is -0.182. The van der Waals surface area contributed by atoms with E-state index in [1.165, 1.54) is 17.0 Å². The van der Waals surface area contributed by atoms with Crippen molar-refractivity contribution >= 4 is 16.6 Å². The molecule has 1 aliphatic carbocycles. The van der Waals surface area contributed by atoms with Crippen LogP contribution in [0.5, 0.6) is 0 Å². The van der Waals surface area contributed by atoms with Gasteiger partial charge in [-0.25, -0.2) is 4.98 Å². The molecule has 0 saturated carbocycles. The number of pyridine rings is 2. The Kier molecular flexibility index (Phi) is 7.24. The number of nitrogens with zero attached hydrogens (tertiary/aromatic N) is 5. The molecule has 1 aromatic carbocycles. The van der Waals surface area contributed by atoms with E-state index in [4.69, 9.17) is 0 Å². The van der Waals surface area contributed by atoms with Gasteiger partial charge in [-0.3, -0.25) is 9.78 Å². The van der Waals surface area contributed by atoms with E-state index in [1.54, 1.807) is 12.3 Å². The van der Waals surface area contributed by atoms with E-state index in [1.807, 2.05) is 51.4 Å². The fourth-order valence-corrected chi connectivity index (χ4v) is 5.93. The number of benzene rings is 1. The second-order valence-corrected chi connectivity index (χ2v) is 11.3. The smallest absolute Gasteiger partial charge is 0.266 e. The minimum Gasteiger partial charge on any atom is -0.371 e. The molecule has 0 saturated heterocycles. The quantitative estimate of drug-likeness (QED) is 0.165. The summed E-state index contributed by atoms with van der Waals surface area (Å²) in [6.45, 7) is 15.0. The van der Waals surface area contributed by atoms with Crippen LogP contribution in [0.25, 0.3) is 27.9 Å². The Morgan fingerprint density at radius 3 is 2.34 bits per heavy atom. The first kappa shape index (κ1) is 27.9. The predicted octanol–water partition coefficient (Wildman–Crippen LogP) is 5.81. The number of rotatable bonds is 1. The van der Waals surface area contributed by atoms with Crippen LogP contribution in [-0.2, 0) is 38.0 Å². The molecule has 0 atom stereocenters. The maximum Gasteiger partial charge on any atom is 0.266 e. The zero-order valence-electron chi connectivity index (χ0n) is 23.2. The molecular weight excluding hydrogens is 651 g/mol. The van der Waals surface area contributed by atoms with Crippen molar-refractivity contribution in [3.63, 3.8) is 0 Å². The summed E-state index contributed by atoms with van der Waals surface area (Å²) in [5.41, 5.74) is 7.88. The molecule has 0 aliphatic heterocycles. The Morgan fingerprint density at radius 1 is 0.974 bits per heavy atom. The van der Waals surface area contributed by atoms with Gasteiger partial charge in [0.1, 0.15) is 0 Å². The van der Waals surface area contributed by atoms with Gasteiger partial charge >= 0.3 is 0 Å². The number of hydrogen-bond acceptors (Lipinski definition) is 4.